The minimum atomic E-state index is -3.61. The quantitative estimate of drug-likeness (QED) is 0.835. The smallest absolute Gasteiger partial charge is 0.324 e. The fourth-order valence-corrected chi connectivity index (χ4v) is 3.77. The van der Waals surface area contributed by atoms with Crippen LogP contribution in [-0.4, -0.2) is 4.89 Å². The fraction of sp³-hybridized carbons (Fsp3) is 0.231. The van der Waals surface area contributed by atoms with Gasteiger partial charge in [0.25, 0.3) is 0 Å². The maximum atomic E-state index is 12.0. The van der Waals surface area contributed by atoms with E-state index >= 15 is 0 Å². The third kappa shape index (κ3) is 3.79. The van der Waals surface area contributed by atoms with Crippen molar-refractivity contribution in [1.82, 2.24) is 0 Å². The van der Waals surface area contributed by atoms with Gasteiger partial charge < -0.3 is 9.42 Å². The van der Waals surface area contributed by atoms with Crippen LogP contribution in [0.4, 0.5) is 0 Å². The molecule has 5 heteroatoms. The largest absolute Gasteiger partial charge is 0.333 e. The summed E-state index contributed by atoms with van der Waals surface area (Å²) in [6.45, 7) is 1.79. The molecule has 18 heavy (non-hydrogen) atoms. The average Bonchev–Trinajstić information content (AvgIpc) is 2.82. The summed E-state index contributed by atoms with van der Waals surface area (Å²) in [5.41, 5.74) is 1.74. The molecule has 0 saturated heterocycles. The second-order valence-corrected chi connectivity index (χ2v) is 6.67. The van der Waals surface area contributed by atoms with E-state index in [1.165, 1.54) is 0 Å². The van der Waals surface area contributed by atoms with Gasteiger partial charge in [-0.15, -0.1) is 0 Å². The minimum absolute atomic E-state index is 0.0440. The van der Waals surface area contributed by atoms with Crippen molar-refractivity contribution in [2.45, 2.75) is 19.2 Å². The number of thiophene rings is 1. The molecule has 0 saturated carbocycles. The highest BCUT2D eigenvalue weighted by molar-refractivity contribution is 7.51. The van der Waals surface area contributed by atoms with Crippen molar-refractivity contribution in [3.05, 3.63) is 58.3 Å². The summed E-state index contributed by atoms with van der Waals surface area (Å²) >= 11 is 1.55. The van der Waals surface area contributed by atoms with Gasteiger partial charge in [0.05, 0.1) is 12.3 Å². The molecule has 1 N–H and O–H groups in total. The summed E-state index contributed by atoms with van der Waals surface area (Å²) in [4.78, 5) is 9.87. The van der Waals surface area contributed by atoms with Crippen LogP contribution in [-0.2, 0) is 15.3 Å². The van der Waals surface area contributed by atoms with Crippen molar-refractivity contribution in [2.75, 3.05) is 0 Å². The normalized spacial score (nSPS) is 16.1. The SMILES string of the molecule is CC(OP(=O)(O)Cc1ccccc1)c1ccsc1. The molecular weight excluding hydrogens is 267 g/mol. The molecule has 2 unspecified atom stereocenters. The second kappa shape index (κ2) is 5.81. The molecule has 0 bridgehead atoms. The monoisotopic (exact) mass is 282 g/mol. The molecule has 2 atom stereocenters. The summed E-state index contributed by atoms with van der Waals surface area (Å²) in [5, 5.41) is 3.85. The molecule has 0 amide bonds. The van der Waals surface area contributed by atoms with Crippen molar-refractivity contribution < 1.29 is 14.0 Å². The van der Waals surface area contributed by atoms with Crippen LogP contribution in [0.15, 0.2) is 47.2 Å². The van der Waals surface area contributed by atoms with Gasteiger partial charge >= 0.3 is 7.60 Å². The molecule has 1 aromatic heterocycles. The van der Waals surface area contributed by atoms with E-state index < -0.39 is 7.60 Å². The molecule has 1 heterocycles. The van der Waals surface area contributed by atoms with Crippen LogP contribution in [0.2, 0.25) is 0 Å². The maximum absolute atomic E-state index is 12.0. The summed E-state index contributed by atoms with van der Waals surface area (Å²) in [6, 6.07) is 11.1. The number of benzene rings is 1. The van der Waals surface area contributed by atoms with Crippen LogP contribution in [0.25, 0.3) is 0 Å². The van der Waals surface area contributed by atoms with Crippen molar-refractivity contribution in [1.29, 1.82) is 0 Å². The topological polar surface area (TPSA) is 46.5 Å². The molecule has 0 fully saturated rings. The summed E-state index contributed by atoms with van der Waals surface area (Å²) in [5.74, 6) is 0. The zero-order valence-electron chi connectivity index (χ0n) is 10.0. The first-order valence-corrected chi connectivity index (χ1v) is 8.33. The molecule has 0 aliphatic carbocycles. The van der Waals surface area contributed by atoms with Crippen molar-refractivity contribution in [2.24, 2.45) is 0 Å². The average molecular weight is 282 g/mol. The highest BCUT2D eigenvalue weighted by Gasteiger charge is 2.24. The molecular formula is C13H15O3PS. The van der Waals surface area contributed by atoms with Crippen LogP contribution in [0.3, 0.4) is 0 Å². The Morgan fingerprint density at radius 1 is 1.33 bits per heavy atom. The molecule has 0 radical (unpaired) electrons. The standard InChI is InChI=1S/C13H15O3PS/c1-11(13-7-8-18-10-13)16-17(14,15)9-12-5-3-2-4-6-12/h2-8,10-11H,9H2,1H3,(H,14,15). The third-order valence-electron chi connectivity index (χ3n) is 2.56. The second-order valence-electron chi connectivity index (χ2n) is 4.09. The Balaban J connectivity index is 2.01. The Labute approximate surface area is 111 Å². The van der Waals surface area contributed by atoms with E-state index in [0.29, 0.717) is 0 Å². The lowest BCUT2D eigenvalue weighted by Crippen LogP contribution is -1.99. The fourth-order valence-electron chi connectivity index (χ4n) is 1.67. The van der Waals surface area contributed by atoms with Gasteiger partial charge in [0.1, 0.15) is 0 Å². The molecule has 0 aliphatic rings. The Bertz CT molecular complexity index is 524. The van der Waals surface area contributed by atoms with Crippen LogP contribution < -0.4 is 0 Å². The first-order valence-electron chi connectivity index (χ1n) is 5.63. The van der Waals surface area contributed by atoms with E-state index in [1.54, 1.807) is 18.3 Å². The van der Waals surface area contributed by atoms with Gasteiger partial charge in [-0.25, -0.2) is 0 Å². The van der Waals surface area contributed by atoms with Gasteiger partial charge in [-0.2, -0.15) is 11.3 Å². The lowest BCUT2D eigenvalue weighted by molar-refractivity contribution is 0.191. The zero-order valence-corrected chi connectivity index (χ0v) is 11.7. The number of hydrogen-bond acceptors (Lipinski definition) is 3. The Hall–Kier alpha value is -0.930. The highest BCUT2D eigenvalue weighted by atomic mass is 32.1. The molecule has 1 aromatic carbocycles. The molecule has 2 rings (SSSR count). The first-order chi connectivity index (χ1) is 8.57. The molecule has 96 valence electrons. The summed E-state index contributed by atoms with van der Waals surface area (Å²) in [6.07, 6.45) is -0.321. The van der Waals surface area contributed by atoms with E-state index in [2.05, 4.69) is 0 Å². The van der Waals surface area contributed by atoms with E-state index in [-0.39, 0.29) is 12.3 Å². The predicted molar refractivity (Wildman–Crippen MR) is 73.8 cm³/mol. The van der Waals surface area contributed by atoms with E-state index in [1.807, 2.05) is 47.2 Å². The van der Waals surface area contributed by atoms with Crippen LogP contribution in [0.5, 0.6) is 0 Å². The highest BCUT2D eigenvalue weighted by Crippen LogP contribution is 2.49. The first kappa shape index (κ1) is 13.5. The molecule has 3 nitrogen and oxygen atoms in total. The lowest BCUT2D eigenvalue weighted by atomic mass is 10.2. The van der Waals surface area contributed by atoms with Crippen LogP contribution in [0.1, 0.15) is 24.2 Å². The van der Waals surface area contributed by atoms with Crippen molar-refractivity contribution >= 4 is 18.9 Å². The summed E-state index contributed by atoms with van der Waals surface area (Å²) < 4.78 is 17.3. The Morgan fingerprint density at radius 3 is 2.67 bits per heavy atom. The van der Waals surface area contributed by atoms with Gasteiger partial charge in [0.15, 0.2) is 0 Å². The summed E-state index contributed by atoms with van der Waals surface area (Å²) in [7, 11) is -3.61. The predicted octanol–water partition coefficient (Wildman–Crippen LogP) is 4.21. The zero-order chi connectivity index (χ0) is 13.0. The van der Waals surface area contributed by atoms with E-state index in [4.69, 9.17) is 4.52 Å². The van der Waals surface area contributed by atoms with Crippen molar-refractivity contribution in [3.8, 4) is 0 Å². The van der Waals surface area contributed by atoms with Gasteiger partial charge in [-0.05, 0) is 34.9 Å². The molecule has 2 aromatic rings. The number of hydrogen-bond donors (Lipinski definition) is 1. The third-order valence-corrected chi connectivity index (χ3v) is 4.67. The lowest BCUT2D eigenvalue weighted by Gasteiger charge is -2.17. The Kier molecular flexibility index (Phi) is 4.36. The molecule has 0 spiro atoms. The Morgan fingerprint density at radius 2 is 2.06 bits per heavy atom. The van der Waals surface area contributed by atoms with Crippen LogP contribution in [0, 0.1) is 0 Å². The minimum Gasteiger partial charge on any atom is -0.324 e. The van der Waals surface area contributed by atoms with Gasteiger partial charge in [0, 0.05) is 0 Å². The van der Waals surface area contributed by atoms with E-state index in [9.17, 15) is 9.46 Å². The maximum Gasteiger partial charge on any atom is 0.333 e. The van der Waals surface area contributed by atoms with Gasteiger partial charge in [-0.3, -0.25) is 4.57 Å². The van der Waals surface area contributed by atoms with Crippen LogP contribution >= 0.6 is 18.9 Å². The van der Waals surface area contributed by atoms with Gasteiger partial charge in [-0.1, -0.05) is 30.3 Å². The van der Waals surface area contributed by atoms with Gasteiger partial charge in [0.2, 0.25) is 0 Å². The number of rotatable bonds is 5. The molecule has 0 aliphatic heterocycles. The van der Waals surface area contributed by atoms with Crippen molar-refractivity contribution in [3.63, 3.8) is 0 Å². The van der Waals surface area contributed by atoms with E-state index in [0.717, 1.165) is 11.1 Å².